The maximum Gasteiger partial charge on any atom is 0.161 e. The molecule has 0 bridgehead atoms. The van der Waals surface area contributed by atoms with Crippen LogP contribution in [-0.2, 0) is 13.0 Å². The highest BCUT2D eigenvalue weighted by molar-refractivity contribution is 6.31. The van der Waals surface area contributed by atoms with Crippen LogP contribution in [0.4, 0.5) is 5.69 Å². The number of hydrogen-bond donors (Lipinski definition) is 1. The van der Waals surface area contributed by atoms with Crippen LogP contribution in [0.15, 0.2) is 36.5 Å². The number of aryl methyl sites for hydroxylation is 1. The number of aliphatic hydroxyl groups is 1. The van der Waals surface area contributed by atoms with Gasteiger partial charge in [0.25, 0.3) is 0 Å². The molecule has 0 saturated heterocycles. The van der Waals surface area contributed by atoms with Crippen LogP contribution in [0.1, 0.15) is 35.5 Å². The van der Waals surface area contributed by atoms with Gasteiger partial charge in [0.2, 0.25) is 0 Å². The number of hydrogen-bond acceptors (Lipinski definition) is 3. The van der Waals surface area contributed by atoms with Gasteiger partial charge in [-0.15, -0.1) is 12.4 Å². The summed E-state index contributed by atoms with van der Waals surface area (Å²) in [5.41, 5.74) is 6.25. The van der Waals surface area contributed by atoms with Crippen molar-refractivity contribution >= 4 is 35.3 Å². The van der Waals surface area contributed by atoms with E-state index in [1.165, 1.54) is 11.1 Å². The normalized spacial score (nSPS) is 16.6. The summed E-state index contributed by atoms with van der Waals surface area (Å²) in [4.78, 5) is 7.08. The van der Waals surface area contributed by atoms with Crippen LogP contribution in [0.25, 0.3) is 5.65 Å². The Labute approximate surface area is 158 Å². The minimum atomic E-state index is -0.00948. The quantitative estimate of drug-likeness (QED) is 0.722. The molecule has 1 atom stereocenters. The minimum Gasteiger partial charge on any atom is -0.390 e. The molecule has 1 N–H and O–H groups in total. The molecule has 0 spiro atoms. The first-order chi connectivity index (χ1) is 11.6. The summed E-state index contributed by atoms with van der Waals surface area (Å²) >= 11 is 6.38. The fourth-order valence-corrected chi connectivity index (χ4v) is 4.06. The lowest BCUT2D eigenvalue weighted by Crippen LogP contribution is -2.34. The molecule has 3 heterocycles. The second-order valence-corrected chi connectivity index (χ2v) is 6.72. The molecule has 0 fully saturated rings. The van der Waals surface area contributed by atoms with E-state index in [1.54, 1.807) is 0 Å². The first-order valence-electron chi connectivity index (χ1n) is 8.23. The molecular weight excluding hydrogens is 357 g/mol. The third-order valence-corrected chi connectivity index (χ3v) is 5.42. The number of benzene rings is 1. The van der Waals surface area contributed by atoms with Gasteiger partial charge in [-0.3, -0.25) is 4.40 Å². The van der Waals surface area contributed by atoms with Gasteiger partial charge in [0.15, 0.2) is 5.65 Å². The molecule has 0 radical (unpaired) electrons. The van der Waals surface area contributed by atoms with E-state index < -0.39 is 0 Å². The topological polar surface area (TPSA) is 40.8 Å². The molecule has 4 rings (SSSR count). The Morgan fingerprint density at radius 1 is 1.28 bits per heavy atom. The van der Waals surface area contributed by atoms with Crippen LogP contribution >= 0.6 is 24.0 Å². The summed E-state index contributed by atoms with van der Waals surface area (Å²) in [5, 5.41) is 10.5. The summed E-state index contributed by atoms with van der Waals surface area (Å²) in [6, 6.07) is 10.5. The fourth-order valence-electron chi connectivity index (χ4n) is 3.78. The average molecular weight is 378 g/mol. The lowest BCUT2D eigenvalue weighted by Gasteiger charge is -2.37. The number of pyridine rings is 1. The molecule has 0 amide bonds. The van der Waals surface area contributed by atoms with Gasteiger partial charge in [-0.2, -0.15) is 0 Å². The standard InChI is InChI=1S/C19H20ClN3O.ClH/c1-12-18(11-24)23-9-4-7-17(19(23)21-12)22-10-8-15-14(13(22)2)5-3-6-16(15)20;/h3-7,9,13,24H,8,10-11H2,1-2H3;1H. The number of halogens is 2. The smallest absolute Gasteiger partial charge is 0.161 e. The van der Waals surface area contributed by atoms with Gasteiger partial charge in [-0.25, -0.2) is 4.98 Å². The molecule has 25 heavy (non-hydrogen) atoms. The van der Waals surface area contributed by atoms with Crippen molar-refractivity contribution in [3.05, 3.63) is 64.1 Å². The molecule has 2 aromatic heterocycles. The Morgan fingerprint density at radius 2 is 2.08 bits per heavy atom. The molecule has 0 aliphatic carbocycles. The van der Waals surface area contributed by atoms with E-state index in [9.17, 15) is 5.11 Å². The number of anilines is 1. The highest BCUT2D eigenvalue weighted by Gasteiger charge is 2.27. The Bertz CT molecular complexity index is 922. The Hall–Kier alpha value is -1.75. The molecule has 132 valence electrons. The SMILES string of the molecule is Cc1nc2c(N3CCc4c(Cl)cccc4C3C)cccn2c1CO.Cl. The summed E-state index contributed by atoms with van der Waals surface area (Å²) in [6.07, 6.45) is 2.89. The van der Waals surface area contributed by atoms with Crippen LogP contribution in [0, 0.1) is 6.92 Å². The monoisotopic (exact) mass is 377 g/mol. The predicted molar refractivity (Wildman–Crippen MR) is 104 cm³/mol. The third kappa shape index (κ3) is 2.78. The highest BCUT2D eigenvalue weighted by atomic mass is 35.5. The number of aromatic nitrogens is 2. The van der Waals surface area contributed by atoms with Gasteiger partial charge in [-0.1, -0.05) is 23.7 Å². The molecule has 1 aliphatic heterocycles. The second kappa shape index (κ2) is 6.87. The van der Waals surface area contributed by atoms with Crippen LogP contribution in [0.3, 0.4) is 0 Å². The van der Waals surface area contributed by atoms with E-state index in [4.69, 9.17) is 16.6 Å². The molecule has 0 saturated carbocycles. The number of imidazole rings is 1. The zero-order valence-electron chi connectivity index (χ0n) is 14.2. The van der Waals surface area contributed by atoms with E-state index in [-0.39, 0.29) is 25.1 Å². The minimum absolute atomic E-state index is 0. The maximum absolute atomic E-state index is 9.63. The van der Waals surface area contributed by atoms with E-state index in [0.717, 1.165) is 40.7 Å². The van der Waals surface area contributed by atoms with Crippen molar-refractivity contribution in [2.24, 2.45) is 0 Å². The lowest BCUT2D eigenvalue weighted by molar-refractivity contribution is 0.275. The zero-order valence-corrected chi connectivity index (χ0v) is 15.8. The average Bonchev–Trinajstić information content (AvgIpc) is 2.91. The first-order valence-corrected chi connectivity index (χ1v) is 8.61. The highest BCUT2D eigenvalue weighted by Crippen LogP contribution is 2.37. The van der Waals surface area contributed by atoms with Crippen molar-refractivity contribution in [1.29, 1.82) is 0 Å². The van der Waals surface area contributed by atoms with Gasteiger partial charge >= 0.3 is 0 Å². The molecule has 1 aliphatic rings. The van der Waals surface area contributed by atoms with Crippen molar-refractivity contribution in [3.8, 4) is 0 Å². The Balaban J connectivity index is 0.00000182. The molecule has 6 heteroatoms. The van der Waals surface area contributed by atoms with Gasteiger partial charge in [0.05, 0.1) is 29.7 Å². The van der Waals surface area contributed by atoms with Gasteiger partial charge in [-0.05, 0) is 49.6 Å². The van der Waals surface area contributed by atoms with Crippen molar-refractivity contribution in [2.45, 2.75) is 32.9 Å². The van der Waals surface area contributed by atoms with Crippen LogP contribution in [0.5, 0.6) is 0 Å². The van der Waals surface area contributed by atoms with Crippen molar-refractivity contribution in [3.63, 3.8) is 0 Å². The predicted octanol–water partition coefficient (Wildman–Crippen LogP) is 4.33. The third-order valence-electron chi connectivity index (χ3n) is 5.06. The maximum atomic E-state index is 9.63. The summed E-state index contributed by atoms with van der Waals surface area (Å²) in [5.74, 6) is 0. The molecule has 1 unspecified atom stereocenters. The van der Waals surface area contributed by atoms with Crippen molar-refractivity contribution in [2.75, 3.05) is 11.4 Å². The van der Waals surface area contributed by atoms with E-state index in [0.29, 0.717) is 0 Å². The number of rotatable bonds is 2. The summed E-state index contributed by atoms with van der Waals surface area (Å²) in [7, 11) is 0. The van der Waals surface area contributed by atoms with Crippen LogP contribution in [0.2, 0.25) is 5.02 Å². The van der Waals surface area contributed by atoms with Gasteiger partial charge in [0, 0.05) is 17.8 Å². The van der Waals surface area contributed by atoms with Crippen LogP contribution in [-0.4, -0.2) is 21.0 Å². The zero-order chi connectivity index (χ0) is 16.8. The van der Waals surface area contributed by atoms with Crippen molar-refractivity contribution in [1.82, 2.24) is 9.38 Å². The number of fused-ring (bicyclic) bond motifs is 2. The summed E-state index contributed by atoms with van der Waals surface area (Å²) in [6.45, 7) is 5.04. The molecule has 1 aromatic carbocycles. The lowest BCUT2D eigenvalue weighted by atomic mass is 9.93. The van der Waals surface area contributed by atoms with Gasteiger partial charge in [0.1, 0.15) is 0 Å². The second-order valence-electron chi connectivity index (χ2n) is 6.32. The van der Waals surface area contributed by atoms with Gasteiger partial charge < -0.3 is 10.0 Å². The largest absolute Gasteiger partial charge is 0.390 e. The Morgan fingerprint density at radius 3 is 2.84 bits per heavy atom. The van der Waals surface area contributed by atoms with E-state index >= 15 is 0 Å². The summed E-state index contributed by atoms with van der Waals surface area (Å²) < 4.78 is 1.99. The van der Waals surface area contributed by atoms with E-state index in [1.807, 2.05) is 35.7 Å². The molecule has 3 aromatic rings. The fraction of sp³-hybridized carbons (Fsp3) is 0.316. The van der Waals surface area contributed by atoms with Crippen LogP contribution < -0.4 is 4.90 Å². The molecule has 4 nitrogen and oxygen atoms in total. The number of nitrogens with zero attached hydrogens (tertiary/aromatic N) is 3. The molecular formula is C19H21Cl2N3O. The number of aliphatic hydroxyl groups excluding tert-OH is 1. The van der Waals surface area contributed by atoms with E-state index in [2.05, 4.69) is 24.0 Å². The Kier molecular flexibility index (Phi) is 4.96. The first kappa shape index (κ1) is 18.1. The van der Waals surface area contributed by atoms with Crippen molar-refractivity contribution < 1.29 is 5.11 Å².